The third-order valence-corrected chi connectivity index (χ3v) is 3.56. The second kappa shape index (κ2) is 6.66. The molecule has 0 fully saturated rings. The maximum absolute atomic E-state index is 13.6. The van der Waals surface area contributed by atoms with E-state index >= 15 is 0 Å². The molecular weight excluding hydrogens is 321 g/mol. The molecule has 0 radical (unpaired) electrons. The van der Waals surface area contributed by atoms with E-state index in [0.29, 0.717) is 24.1 Å². The van der Waals surface area contributed by atoms with Crippen molar-refractivity contribution < 1.29 is 9.18 Å². The zero-order valence-corrected chi connectivity index (χ0v) is 12.5. The van der Waals surface area contributed by atoms with Crippen molar-refractivity contribution in [3.8, 4) is 0 Å². The molecule has 0 saturated carbocycles. The van der Waals surface area contributed by atoms with Gasteiger partial charge in [-0.2, -0.15) is 0 Å². The van der Waals surface area contributed by atoms with Gasteiger partial charge in [0.25, 0.3) is 0 Å². The third kappa shape index (κ3) is 4.17. The van der Waals surface area contributed by atoms with E-state index in [9.17, 15) is 9.18 Å². The number of nitrogens with two attached hydrogens (primary N) is 1. The monoisotopic (exact) mass is 335 g/mol. The highest BCUT2D eigenvalue weighted by atomic mass is 79.9. The van der Waals surface area contributed by atoms with Gasteiger partial charge in [-0.15, -0.1) is 0 Å². The first kappa shape index (κ1) is 14.7. The molecule has 0 aliphatic rings. The predicted octanol–water partition coefficient (Wildman–Crippen LogP) is 3.91. The van der Waals surface area contributed by atoms with Crippen molar-refractivity contribution in [1.29, 1.82) is 0 Å². The van der Waals surface area contributed by atoms with E-state index in [-0.39, 0.29) is 18.0 Å². The van der Waals surface area contributed by atoms with Gasteiger partial charge in [-0.25, -0.2) is 4.39 Å². The van der Waals surface area contributed by atoms with Gasteiger partial charge in [-0.3, -0.25) is 4.79 Å². The highest BCUT2D eigenvalue weighted by Crippen LogP contribution is 2.17. The van der Waals surface area contributed by atoms with Gasteiger partial charge >= 0.3 is 0 Å². The van der Waals surface area contributed by atoms with Crippen LogP contribution in [0.15, 0.2) is 46.9 Å². The number of carbonyl (C=O) groups is 1. The van der Waals surface area contributed by atoms with Crippen molar-refractivity contribution in [2.75, 3.05) is 5.73 Å². The van der Waals surface area contributed by atoms with E-state index in [1.807, 2.05) is 24.3 Å². The molecule has 0 saturated heterocycles. The van der Waals surface area contributed by atoms with Crippen LogP contribution in [0.2, 0.25) is 0 Å². The van der Waals surface area contributed by atoms with Crippen LogP contribution in [0.5, 0.6) is 0 Å². The van der Waals surface area contributed by atoms with Crippen LogP contribution in [-0.2, 0) is 17.6 Å². The zero-order chi connectivity index (χ0) is 14.5. The molecule has 0 bridgehead atoms. The van der Waals surface area contributed by atoms with E-state index in [4.69, 9.17) is 5.73 Å². The highest BCUT2D eigenvalue weighted by molar-refractivity contribution is 9.10. The van der Waals surface area contributed by atoms with Crippen LogP contribution < -0.4 is 5.73 Å². The minimum absolute atomic E-state index is 0.0267. The topological polar surface area (TPSA) is 43.1 Å². The van der Waals surface area contributed by atoms with Gasteiger partial charge in [0.05, 0.1) is 0 Å². The Kier molecular flexibility index (Phi) is 4.90. The van der Waals surface area contributed by atoms with E-state index in [2.05, 4.69) is 15.9 Å². The second-order valence-corrected chi connectivity index (χ2v) is 5.61. The largest absolute Gasteiger partial charge is 0.399 e. The standard InChI is InChI=1S/C16H15BrFNO/c17-13-4-8-16(18)12(9-13)10-15(20)7-3-11-1-5-14(19)6-2-11/h1-2,4-6,8-9H,3,7,10,19H2. The number of nitrogen functional groups attached to an aromatic ring is 1. The average molecular weight is 336 g/mol. The summed E-state index contributed by atoms with van der Waals surface area (Å²) >= 11 is 3.28. The van der Waals surface area contributed by atoms with Crippen LogP contribution in [0, 0.1) is 5.82 Å². The first-order valence-electron chi connectivity index (χ1n) is 6.34. The summed E-state index contributed by atoms with van der Waals surface area (Å²) in [4.78, 5) is 11.9. The molecule has 0 heterocycles. The Balaban J connectivity index is 1.92. The Morgan fingerprint density at radius 2 is 1.85 bits per heavy atom. The van der Waals surface area contributed by atoms with E-state index < -0.39 is 0 Å². The molecule has 2 aromatic carbocycles. The fourth-order valence-electron chi connectivity index (χ4n) is 1.95. The Bertz CT molecular complexity index is 610. The molecule has 0 aliphatic heterocycles. The summed E-state index contributed by atoms with van der Waals surface area (Å²) in [6.07, 6.45) is 1.17. The van der Waals surface area contributed by atoms with Crippen LogP contribution in [-0.4, -0.2) is 5.78 Å². The quantitative estimate of drug-likeness (QED) is 0.841. The van der Waals surface area contributed by atoms with Gasteiger partial charge < -0.3 is 5.73 Å². The number of hydrogen-bond acceptors (Lipinski definition) is 2. The molecule has 0 atom stereocenters. The summed E-state index contributed by atoms with van der Waals surface area (Å²) in [5.41, 5.74) is 7.80. The Hall–Kier alpha value is -1.68. The van der Waals surface area contributed by atoms with Gasteiger partial charge in [-0.1, -0.05) is 28.1 Å². The Morgan fingerprint density at radius 3 is 2.55 bits per heavy atom. The Morgan fingerprint density at radius 1 is 1.15 bits per heavy atom. The van der Waals surface area contributed by atoms with Crippen molar-refractivity contribution in [3.63, 3.8) is 0 Å². The normalized spacial score (nSPS) is 10.5. The lowest BCUT2D eigenvalue weighted by molar-refractivity contribution is -0.118. The Labute approximate surface area is 125 Å². The molecule has 0 spiro atoms. The summed E-state index contributed by atoms with van der Waals surface area (Å²) in [7, 11) is 0. The van der Waals surface area contributed by atoms with Gasteiger partial charge in [0.15, 0.2) is 0 Å². The van der Waals surface area contributed by atoms with Crippen LogP contribution >= 0.6 is 15.9 Å². The lowest BCUT2D eigenvalue weighted by atomic mass is 10.0. The summed E-state index contributed by atoms with van der Waals surface area (Å²) in [6.45, 7) is 0. The molecule has 2 N–H and O–H groups in total. The lowest BCUT2D eigenvalue weighted by Crippen LogP contribution is -2.06. The first-order valence-corrected chi connectivity index (χ1v) is 7.14. The number of rotatable bonds is 5. The van der Waals surface area contributed by atoms with E-state index in [1.54, 1.807) is 12.1 Å². The van der Waals surface area contributed by atoms with Crippen LogP contribution in [0.25, 0.3) is 0 Å². The number of Topliss-reactive ketones (excluding diaryl/α,β-unsaturated/α-hetero) is 1. The maximum Gasteiger partial charge on any atom is 0.137 e. The maximum atomic E-state index is 13.6. The number of ketones is 1. The third-order valence-electron chi connectivity index (χ3n) is 3.07. The number of benzene rings is 2. The predicted molar refractivity (Wildman–Crippen MR) is 82.0 cm³/mol. The van der Waals surface area contributed by atoms with Crippen LogP contribution in [0.3, 0.4) is 0 Å². The van der Waals surface area contributed by atoms with E-state index in [1.165, 1.54) is 6.07 Å². The van der Waals surface area contributed by atoms with Crippen molar-refractivity contribution >= 4 is 27.4 Å². The smallest absolute Gasteiger partial charge is 0.137 e. The summed E-state index contributed by atoms with van der Waals surface area (Å²) in [5, 5.41) is 0. The number of carbonyl (C=O) groups excluding carboxylic acids is 1. The van der Waals surface area contributed by atoms with Crippen molar-refractivity contribution in [1.82, 2.24) is 0 Å². The highest BCUT2D eigenvalue weighted by Gasteiger charge is 2.09. The average Bonchev–Trinajstić information content (AvgIpc) is 2.42. The number of anilines is 1. The number of aryl methyl sites for hydroxylation is 1. The van der Waals surface area contributed by atoms with Crippen LogP contribution in [0.1, 0.15) is 17.5 Å². The second-order valence-electron chi connectivity index (χ2n) is 4.69. The van der Waals surface area contributed by atoms with Crippen molar-refractivity contribution in [2.24, 2.45) is 0 Å². The molecule has 0 aromatic heterocycles. The van der Waals surface area contributed by atoms with Gasteiger partial charge in [0.1, 0.15) is 11.6 Å². The van der Waals surface area contributed by atoms with E-state index in [0.717, 1.165) is 10.0 Å². The molecule has 2 nitrogen and oxygen atoms in total. The van der Waals surface area contributed by atoms with Crippen LogP contribution in [0.4, 0.5) is 10.1 Å². The molecule has 20 heavy (non-hydrogen) atoms. The minimum Gasteiger partial charge on any atom is -0.399 e. The summed E-state index contributed by atoms with van der Waals surface area (Å²) < 4.78 is 14.3. The van der Waals surface area contributed by atoms with Crippen molar-refractivity contribution in [2.45, 2.75) is 19.3 Å². The molecule has 0 aliphatic carbocycles. The summed E-state index contributed by atoms with van der Waals surface area (Å²) in [5.74, 6) is -0.312. The molecule has 2 aromatic rings. The fraction of sp³-hybridized carbons (Fsp3) is 0.188. The first-order chi connectivity index (χ1) is 9.54. The van der Waals surface area contributed by atoms with Crippen molar-refractivity contribution in [3.05, 3.63) is 63.9 Å². The number of halogens is 2. The molecule has 2 rings (SSSR count). The molecular formula is C16H15BrFNO. The molecule has 104 valence electrons. The minimum atomic E-state index is -0.339. The van der Waals surface area contributed by atoms with Gasteiger partial charge in [0.2, 0.25) is 0 Å². The van der Waals surface area contributed by atoms with Gasteiger partial charge in [-0.05, 0) is 47.9 Å². The lowest BCUT2D eigenvalue weighted by Gasteiger charge is -2.04. The summed E-state index contributed by atoms with van der Waals surface area (Å²) in [6, 6.07) is 12.1. The fourth-order valence-corrected chi connectivity index (χ4v) is 2.36. The SMILES string of the molecule is Nc1ccc(CCC(=O)Cc2cc(Br)ccc2F)cc1. The zero-order valence-electron chi connectivity index (χ0n) is 10.9. The number of hydrogen-bond donors (Lipinski definition) is 1. The molecule has 4 heteroatoms. The van der Waals surface area contributed by atoms with Gasteiger partial charge in [0, 0.05) is 23.0 Å². The molecule has 0 unspecified atom stereocenters. The molecule has 0 amide bonds.